The van der Waals surface area contributed by atoms with Gasteiger partial charge in [0.25, 0.3) is 0 Å². The molecule has 1 atom stereocenters. The smallest absolute Gasteiger partial charge is 0.234 e. The lowest BCUT2D eigenvalue weighted by atomic mass is 10.1. The molecule has 0 unspecified atom stereocenters. The van der Waals surface area contributed by atoms with Crippen LogP contribution in [0.15, 0.2) is 24.3 Å². The monoisotopic (exact) mass is 206 g/mol. The van der Waals surface area contributed by atoms with E-state index in [0.717, 1.165) is 5.56 Å². The summed E-state index contributed by atoms with van der Waals surface area (Å²) in [5.41, 5.74) is 2.36. The number of aryl methyl sites for hydroxylation is 1. The summed E-state index contributed by atoms with van der Waals surface area (Å²) in [4.78, 5) is 11.3. The first-order chi connectivity index (χ1) is 7.13. The van der Waals surface area contributed by atoms with Crippen molar-refractivity contribution in [2.45, 2.75) is 19.9 Å². The molecule has 0 aliphatic rings. The van der Waals surface area contributed by atoms with Gasteiger partial charge < -0.3 is 10.6 Å². The summed E-state index contributed by atoms with van der Waals surface area (Å²) in [7, 11) is 1.76. The minimum atomic E-state index is 0.0191. The van der Waals surface area contributed by atoms with Gasteiger partial charge in [0.05, 0.1) is 12.6 Å². The van der Waals surface area contributed by atoms with E-state index < -0.39 is 0 Å². The normalized spacial score (nSPS) is 12.2. The van der Waals surface area contributed by atoms with E-state index in [-0.39, 0.29) is 11.9 Å². The summed E-state index contributed by atoms with van der Waals surface area (Å²) >= 11 is 0. The fourth-order valence-corrected chi connectivity index (χ4v) is 1.39. The molecule has 0 heterocycles. The quantitative estimate of drug-likeness (QED) is 0.781. The van der Waals surface area contributed by atoms with Crippen LogP contribution in [0.4, 0.5) is 0 Å². The second-order valence-corrected chi connectivity index (χ2v) is 3.73. The highest BCUT2D eigenvalue weighted by Crippen LogP contribution is 2.12. The van der Waals surface area contributed by atoms with Crippen molar-refractivity contribution in [2.75, 3.05) is 13.6 Å². The van der Waals surface area contributed by atoms with Crippen molar-refractivity contribution < 1.29 is 4.79 Å². The van der Waals surface area contributed by atoms with Crippen molar-refractivity contribution in [1.82, 2.24) is 10.6 Å². The first-order valence-corrected chi connectivity index (χ1v) is 5.14. The highest BCUT2D eigenvalue weighted by Gasteiger charge is 2.07. The number of likely N-dealkylation sites (N-methyl/N-ethyl adjacent to an activating group) is 1. The minimum absolute atomic E-state index is 0.0191. The molecule has 1 amide bonds. The lowest BCUT2D eigenvalue weighted by Crippen LogP contribution is -2.33. The largest absolute Gasteiger partial charge is 0.348 e. The molecule has 3 nitrogen and oxygen atoms in total. The second kappa shape index (κ2) is 5.51. The molecule has 0 aromatic heterocycles. The van der Waals surface area contributed by atoms with Crippen LogP contribution >= 0.6 is 0 Å². The Morgan fingerprint density at radius 2 is 1.93 bits per heavy atom. The number of rotatable bonds is 4. The van der Waals surface area contributed by atoms with E-state index in [4.69, 9.17) is 0 Å². The summed E-state index contributed by atoms with van der Waals surface area (Å²) in [6, 6.07) is 8.25. The first-order valence-electron chi connectivity index (χ1n) is 5.14. The number of carbonyl (C=O) groups excluding carboxylic acids is 1. The van der Waals surface area contributed by atoms with Gasteiger partial charge in [0.15, 0.2) is 0 Å². The number of carbonyl (C=O) groups is 1. The van der Waals surface area contributed by atoms with Gasteiger partial charge in [0.2, 0.25) is 5.91 Å². The molecule has 3 heteroatoms. The molecule has 15 heavy (non-hydrogen) atoms. The number of hydrogen-bond acceptors (Lipinski definition) is 2. The zero-order valence-electron chi connectivity index (χ0n) is 9.50. The first kappa shape index (κ1) is 11.7. The lowest BCUT2D eigenvalue weighted by molar-refractivity contribution is -0.120. The third-order valence-electron chi connectivity index (χ3n) is 2.29. The third-order valence-corrected chi connectivity index (χ3v) is 2.29. The van der Waals surface area contributed by atoms with Crippen molar-refractivity contribution in [1.29, 1.82) is 0 Å². The molecule has 1 aromatic rings. The van der Waals surface area contributed by atoms with Crippen LogP contribution in [0.25, 0.3) is 0 Å². The average Bonchev–Trinajstić information content (AvgIpc) is 2.18. The molecule has 0 aliphatic carbocycles. The summed E-state index contributed by atoms with van der Waals surface area (Å²) in [6.07, 6.45) is 0. The van der Waals surface area contributed by atoms with Gasteiger partial charge in [-0.25, -0.2) is 0 Å². The molecule has 0 saturated carbocycles. The van der Waals surface area contributed by atoms with Gasteiger partial charge in [0, 0.05) is 0 Å². The molecular weight excluding hydrogens is 188 g/mol. The van der Waals surface area contributed by atoms with Crippen LogP contribution in [-0.2, 0) is 4.79 Å². The van der Waals surface area contributed by atoms with Crippen LogP contribution < -0.4 is 10.6 Å². The molecule has 0 bridgehead atoms. The van der Waals surface area contributed by atoms with Gasteiger partial charge in [-0.3, -0.25) is 4.79 Å². The van der Waals surface area contributed by atoms with Crippen LogP contribution in [0.2, 0.25) is 0 Å². The van der Waals surface area contributed by atoms with Crippen molar-refractivity contribution in [3.8, 4) is 0 Å². The number of nitrogens with one attached hydrogen (secondary N) is 2. The fraction of sp³-hybridized carbons (Fsp3) is 0.417. The summed E-state index contributed by atoms with van der Waals surface area (Å²) in [5.74, 6) is 0.0191. The number of hydrogen-bond donors (Lipinski definition) is 2. The van der Waals surface area contributed by atoms with Gasteiger partial charge in [-0.15, -0.1) is 0 Å². The molecule has 0 saturated heterocycles. The Morgan fingerprint density at radius 3 is 2.47 bits per heavy atom. The Kier molecular flexibility index (Phi) is 4.31. The van der Waals surface area contributed by atoms with Crippen LogP contribution in [0.3, 0.4) is 0 Å². The second-order valence-electron chi connectivity index (χ2n) is 3.73. The van der Waals surface area contributed by atoms with Crippen molar-refractivity contribution in [2.24, 2.45) is 0 Å². The van der Waals surface area contributed by atoms with E-state index >= 15 is 0 Å². The van der Waals surface area contributed by atoms with Gasteiger partial charge in [-0.1, -0.05) is 29.8 Å². The van der Waals surface area contributed by atoms with E-state index in [2.05, 4.69) is 22.8 Å². The zero-order chi connectivity index (χ0) is 11.3. The Bertz CT molecular complexity index is 319. The summed E-state index contributed by atoms with van der Waals surface area (Å²) in [5, 5.41) is 5.74. The van der Waals surface area contributed by atoms with Gasteiger partial charge >= 0.3 is 0 Å². The molecule has 2 N–H and O–H groups in total. The highest BCUT2D eigenvalue weighted by molar-refractivity contribution is 5.78. The van der Waals surface area contributed by atoms with Crippen LogP contribution in [0.5, 0.6) is 0 Å². The maximum atomic E-state index is 11.3. The summed E-state index contributed by atoms with van der Waals surface area (Å²) < 4.78 is 0. The maximum absolute atomic E-state index is 11.3. The summed E-state index contributed by atoms with van der Waals surface area (Å²) in [6.45, 7) is 4.39. The minimum Gasteiger partial charge on any atom is -0.348 e. The molecular formula is C12H18N2O. The fourth-order valence-electron chi connectivity index (χ4n) is 1.39. The topological polar surface area (TPSA) is 41.1 Å². The predicted octanol–water partition coefficient (Wildman–Crippen LogP) is 1.39. The van der Waals surface area contributed by atoms with Crippen LogP contribution in [0.1, 0.15) is 24.1 Å². The molecule has 1 aromatic carbocycles. The standard InChI is InChI=1S/C12H18N2O/c1-9-4-6-11(7-5-9)10(2)14-12(15)8-13-3/h4-7,10,13H,8H2,1-3H3,(H,14,15)/t10-/m1/s1. The van der Waals surface area contributed by atoms with E-state index in [0.29, 0.717) is 6.54 Å². The van der Waals surface area contributed by atoms with E-state index in [1.807, 2.05) is 26.0 Å². The van der Waals surface area contributed by atoms with Crippen LogP contribution in [-0.4, -0.2) is 19.5 Å². The third kappa shape index (κ3) is 3.72. The maximum Gasteiger partial charge on any atom is 0.234 e. The van der Waals surface area contributed by atoms with Crippen molar-refractivity contribution >= 4 is 5.91 Å². The van der Waals surface area contributed by atoms with Gasteiger partial charge in [0.1, 0.15) is 0 Å². The van der Waals surface area contributed by atoms with E-state index in [9.17, 15) is 4.79 Å². The Morgan fingerprint density at radius 1 is 1.33 bits per heavy atom. The average molecular weight is 206 g/mol. The molecule has 1 rings (SSSR count). The lowest BCUT2D eigenvalue weighted by Gasteiger charge is -2.14. The highest BCUT2D eigenvalue weighted by atomic mass is 16.1. The Labute approximate surface area is 90.9 Å². The van der Waals surface area contributed by atoms with Gasteiger partial charge in [-0.2, -0.15) is 0 Å². The number of amides is 1. The molecule has 0 spiro atoms. The Hall–Kier alpha value is -1.35. The Balaban J connectivity index is 2.57. The SMILES string of the molecule is CNCC(=O)N[C@H](C)c1ccc(C)cc1. The van der Waals surface area contributed by atoms with Crippen LogP contribution in [0, 0.1) is 6.92 Å². The molecule has 0 radical (unpaired) electrons. The van der Waals surface area contributed by atoms with E-state index in [1.54, 1.807) is 7.05 Å². The molecule has 82 valence electrons. The molecule has 0 fully saturated rings. The zero-order valence-corrected chi connectivity index (χ0v) is 9.50. The van der Waals surface area contributed by atoms with Gasteiger partial charge in [-0.05, 0) is 26.5 Å². The number of benzene rings is 1. The van der Waals surface area contributed by atoms with Crippen molar-refractivity contribution in [3.05, 3.63) is 35.4 Å². The van der Waals surface area contributed by atoms with E-state index in [1.165, 1.54) is 5.56 Å². The van der Waals surface area contributed by atoms with Crippen molar-refractivity contribution in [3.63, 3.8) is 0 Å². The predicted molar refractivity (Wildman–Crippen MR) is 61.7 cm³/mol. The molecule has 0 aliphatic heterocycles.